The second kappa shape index (κ2) is 5.19. The second-order valence-electron chi connectivity index (χ2n) is 5.70. The first kappa shape index (κ1) is 13.6. The maximum atomic E-state index is 11.0. The zero-order valence-electron chi connectivity index (χ0n) is 11.7. The SMILES string of the molecule is CCC(Cc1ccc(CC23OCCC2O3)cc1)C(=O)O. The molecule has 0 bridgehead atoms. The first-order valence-corrected chi connectivity index (χ1v) is 7.25. The molecule has 3 rings (SSSR count). The Bertz CT molecular complexity index is 496. The fourth-order valence-corrected chi connectivity index (χ4v) is 2.93. The highest BCUT2D eigenvalue weighted by Crippen LogP contribution is 2.47. The van der Waals surface area contributed by atoms with Gasteiger partial charge < -0.3 is 14.6 Å². The van der Waals surface area contributed by atoms with E-state index in [2.05, 4.69) is 12.1 Å². The molecule has 1 aromatic carbocycles. The predicted molar refractivity (Wildman–Crippen MR) is 73.4 cm³/mol. The first-order valence-electron chi connectivity index (χ1n) is 7.25. The molecule has 2 aliphatic heterocycles. The maximum absolute atomic E-state index is 11.0. The van der Waals surface area contributed by atoms with Gasteiger partial charge in [-0.05, 0) is 24.0 Å². The molecule has 0 aliphatic carbocycles. The van der Waals surface area contributed by atoms with Gasteiger partial charge in [0.05, 0.1) is 12.5 Å². The van der Waals surface area contributed by atoms with Gasteiger partial charge in [0.2, 0.25) is 0 Å². The minimum absolute atomic E-state index is 0.277. The van der Waals surface area contributed by atoms with Gasteiger partial charge in [0.15, 0.2) is 5.79 Å². The summed E-state index contributed by atoms with van der Waals surface area (Å²) in [5.74, 6) is -1.37. The number of hydrogen-bond donors (Lipinski definition) is 1. The largest absolute Gasteiger partial charge is 0.481 e. The molecule has 3 atom stereocenters. The highest BCUT2D eigenvalue weighted by molar-refractivity contribution is 5.70. The van der Waals surface area contributed by atoms with Crippen molar-refractivity contribution in [2.45, 2.75) is 44.5 Å². The number of fused-ring (bicyclic) bond motifs is 1. The lowest BCUT2D eigenvalue weighted by Crippen LogP contribution is -2.17. The number of ether oxygens (including phenoxy) is 2. The number of rotatable bonds is 6. The number of epoxide rings is 1. The number of benzene rings is 1. The minimum atomic E-state index is -0.718. The average Bonchev–Trinajstić information content (AvgIpc) is 2.97. The van der Waals surface area contributed by atoms with Crippen LogP contribution in [0.5, 0.6) is 0 Å². The fourth-order valence-electron chi connectivity index (χ4n) is 2.93. The molecule has 2 heterocycles. The monoisotopic (exact) mass is 276 g/mol. The Hall–Kier alpha value is -1.39. The van der Waals surface area contributed by atoms with Crippen LogP contribution in [0.1, 0.15) is 30.9 Å². The summed E-state index contributed by atoms with van der Waals surface area (Å²) in [7, 11) is 0. The Balaban J connectivity index is 1.61. The van der Waals surface area contributed by atoms with Gasteiger partial charge in [0.1, 0.15) is 6.10 Å². The third kappa shape index (κ3) is 2.58. The van der Waals surface area contributed by atoms with Crippen LogP contribution >= 0.6 is 0 Å². The van der Waals surface area contributed by atoms with E-state index in [0.29, 0.717) is 12.8 Å². The third-order valence-corrected chi connectivity index (χ3v) is 4.30. The number of carbonyl (C=O) groups is 1. The van der Waals surface area contributed by atoms with Crippen molar-refractivity contribution in [1.82, 2.24) is 0 Å². The summed E-state index contributed by atoms with van der Waals surface area (Å²) in [6, 6.07) is 8.14. The van der Waals surface area contributed by atoms with Gasteiger partial charge in [0, 0.05) is 12.8 Å². The highest BCUT2D eigenvalue weighted by atomic mass is 16.8. The molecule has 4 heteroatoms. The molecule has 3 unspecified atom stereocenters. The number of carboxylic acid groups (broad SMARTS) is 1. The molecule has 2 fully saturated rings. The Morgan fingerprint density at radius 1 is 1.40 bits per heavy atom. The lowest BCUT2D eigenvalue weighted by Gasteiger charge is -2.12. The number of hydrogen-bond acceptors (Lipinski definition) is 3. The van der Waals surface area contributed by atoms with Crippen molar-refractivity contribution in [3.8, 4) is 0 Å². The van der Waals surface area contributed by atoms with Crippen molar-refractivity contribution in [2.24, 2.45) is 5.92 Å². The van der Waals surface area contributed by atoms with Gasteiger partial charge in [-0.3, -0.25) is 4.79 Å². The van der Waals surface area contributed by atoms with Crippen LogP contribution < -0.4 is 0 Å². The van der Waals surface area contributed by atoms with Crippen LogP contribution in [0.4, 0.5) is 0 Å². The van der Waals surface area contributed by atoms with Gasteiger partial charge in [0.25, 0.3) is 0 Å². The normalized spacial score (nSPS) is 28.9. The summed E-state index contributed by atoms with van der Waals surface area (Å²) in [5.41, 5.74) is 2.25. The van der Waals surface area contributed by atoms with Crippen LogP contribution in [0.25, 0.3) is 0 Å². The molecule has 20 heavy (non-hydrogen) atoms. The smallest absolute Gasteiger partial charge is 0.306 e. The van der Waals surface area contributed by atoms with Crippen molar-refractivity contribution >= 4 is 5.97 Å². The van der Waals surface area contributed by atoms with E-state index in [1.807, 2.05) is 19.1 Å². The molecule has 2 saturated heterocycles. The van der Waals surface area contributed by atoms with Crippen molar-refractivity contribution < 1.29 is 19.4 Å². The summed E-state index contributed by atoms with van der Waals surface area (Å²) in [6.07, 6.45) is 3.30. The van der Waals surface area contributed by atoms with E-state index < -0.39 is 5.97 Å². The van der Waals surface area contributed by atoms with Gasteiger partial charge in [-0.15, -0.1) is 0 Å². The molecule has 108 valence electrons. The number of carboxylic acids is 1. The van der Waals surface area contributed by atoms with Gasteiger partial charge in [-0.2, -0.15) is 0 Å². The van der Waals surface area contributed by atoms with Crippen LogP contribution in [0.15, 0.2) is 24.3 Å². The summed E-state index contributed by atoms with van der Waals surface area (Å²) >= 11 is 0. The van der Waals surface area contributed by atoms with Crippen molar-refractivity contribution in [3.05, 3.63) is 35.4 Å². The van der Waals surface area contributed by atoms with Gasteiger partial charge in [-0.1, -0.05) is 31.2 Å². The van der Waals surface area contributed by atoms with Crippen LogP contribution in [0, 0.1) is 5.92 Å². The molecule has 0 saturated carbocycles. The molecular weight excluding hydrogens is 256 g/mol. The minimum Gasteiger partial charge on any atom is -0.481 e. The van der Waals surface area contributed by atoms with E-state index in [4.69, 9.17) is 14.6 Å². The molecule has 0 amide bonds. The standard InChI is InChI=1S/C16H20O4/c1-2-13(15(17)18)9-11-3-5-12(6-4-11)10-16-14(20-16)7-8-19-16/h3-6,13-14H,2,7-10H2,1H3,(H,17,18). The molecule has 0 radical (unpaired) electrons. The zero-order valence-corrected chi connectivity index (χ0v) is 11.7. The topological polar surface area (TPSA) is 59.1 Å². The molecule has 0 aromatic heterocycles. The lowest BCUT2D eigenvalue weighted by molar-refractivity contribution is -0.141. The van der Waals surface area contributed by atoms with E-state index in [1.165, 1.54) is 5.56 Å². The summed E-state index contributed by atoms with van der Waals surface area (Å²) < 4.78 is 11.3. The Labute approximate surface area is 118 Å². The first-order chi connectivity index (χ1) is 9.63. The average molecular weight is 276 g/mol. The molecule has 1 N–H and O–H groups in total. The molecule has 0 spiro atoms. The third-order valence-electron chi connectivity index (χ3n) is 4.30. The van der Waals surface area contributed by atoms with Crippen molar-refractivity contribution in [2.75, 3.05) is 6.61 Å². The van der Waals surface area contributed by atoms with Gasteiger partial charge in [-0.25, -0.2) is 0 Å². The highest BCUT2D eigenvalue weighted by Gasteiger charge is 2.61. The second-order valence-corrected chi connectivity index (χ2v) is 5.70. The molecular formula is C16H20O4. The quantitative estimate of drug-likeness (QED) is 0.811. The predicted octanol–water partition coefficient (Wildman–Crippen LogP) is 2.40. The van der Waals surface area contributed by atoms with Crippen LogP contribution in [0.2, 0.25) is 0 Å². The fraction of sp³-hybridized carbons (Fsp3) is 0.562. The van der Waals surface area contributed by atoms with E-state index in [0.717, 1.165) is 25.0 Å². The summed E-state index contributed by atoms with van der Waals surface area (Å²) in [4.78, 5) is 11.0. The van der Waals surface area contributed by atoms with Gasteiger partial charge >= 0.3 is 5.97 Å². The maximum Gasteiger partial charge on any atom is 0.306 e. The molecule has 4 nitrogen and oxygen atoms in total. The zero-order chi connectivity index (χ0) is 14.2. The molecule has 1 aromatic rings. The van der Waals surface area contributed by atoms with Crippen molar-refractivity contribution in [3.63, 3.8) is 0 Å². The Morgan fingerprint density at radius 3 is 2.60 bits per heavy atom. The van der Waals surface area contributed by atoms with Crippen LogP contribution in [0.3, 0.4) is 0 Å². The lowest BCUT2D eigenvalue weighted by atomic mass is 9.95. The van der Waals surface area contributed by atoms with E-state index in [-0.39, 0.29) is 17.8 Å². The number of aliphatic carboxylic acids is 1. The summed E-state index contributed by atoms with van der Waals surface area (Å²) in [6.45, 7) is 2.70. The van der Waals surface area contributed by atoms with Crippen LogP contribution in [-0.2, 0) is 27.1 Å². The van der Waals surface area contributed by atoms with E-state index in [1.54, 1.807) is 0 Å². The van der Waals surface area contributed by atoms with Crippen molar-refractivity contribution in [1.29, 1.82) is 0 Å². The summed E-state index contributed by atoms with van der Waals surface area (Å²) in [5, 5.41) is 9.09. The van der Waals surface area contributed by atoms with E-state index in [9.17, 15) is 4.79 Å². The Morgan fingerprint density at radius 2 is 2.10 bits per heavy atom. The van der Waals surface area contributed by atoms with Crippen LogP contribution in [-0.4, -0.2) is 29.6 Å². The molecule has 2 aliphatic rings. The Kier molecular flexibility index (Phi) is 3.52. The van der Waals surface area contributed by atoms with E-state index >= 15 is 0 Å².